The third kappa shape index (κ3) is 3.16. The van der Waals surface area contributed by atoms with Gasteiger partial charge in [0.2, 0.25) is 5.91 Å². The van der Waals surface area contributed by atoms with Crippen molar-refractivity contribution in [3.05, 3.63) is 29.0 Å². The first kappa shape index (κ1) is 11.3. The van der Waals surface area contributed by atoms with E-state index in [1.165, 1.54) is 12.1 Å². The van der Waals surface area contributed by atoms with E-state index in [0.29, 0.717) is 5.02 Å². The van der Waals surface area contributed by atoms with E-state index >= 15 is 0 Å². The van der Waals surface area contributed by atoms with Crippen LogP contribution in [0.1, 0.15) is 6.42 Å². The predicted molar refractivity (Wildman–Crippen MR) is 55.4 cm³/mol. The summed E-state index contributed by atoms with van der Waals surface area (Å²) in [5.41, 5.74) is 0.266. The van der Waals surface area contributed by atoms with Crippen molar-refractivity contribution in [3.63, 3.8) is 0 Å². The molecular formula is C9H8Cl2FNO. The molecule has 1 aromatic rings. The zero-order chi connectivity index (χ0) is 10.6. The van der Waals surface area contributed by atoms with Crippen molar-refractivity contribution < 1.29 is 9.18 Å². The summed E-state index contributed by atoms with van der Waals surface area (Å²) in [6, 6.07) is 3.77. The van der Waals surface area contributed by atoms with Crippen LogP contribution in [0.25, 0.3) is 0 Å². The summed E-state index contributed by atoms with van der Waals surface area (Å²) in [4.78, 5) is 11.1. The van der Waals surface area contributed by atoms with Crippen LogP contribution < -0.4 is 5.32 Å². The topological polar surface area (TPSA) is 29.1 Å². The summed E-state index contributed by atoms with van der Waals surface area (Å²) in [6.45, 7) is 0. The number of hydrogen-bond donors (Lipinski definition) is 1. The zero-order valence-corrected chi connectivity index (χ0v) is 8.70. The van der Waals surface area contributed by atoms with E-state index in [1.54, 1.807) is 0 Å². The Morgan fingerprint density at radius 1 is 1.50 bits per heavy atom. The molecule has 0 spiro atoms. The van der Waals surface area contributed by atoms with Crippen molar-refractivity contribution in [2.75, 3.05) is 11.2 Å². The van der Waals surface area contributed by atoms with Gasteiger partial charge >= 0.3 is 0 Å². The van der Waals surface area contributed by atoms with Crippen LogP contribution in [0.2, 0.25) is 5.02 Å². The Morgan fingerprint density at radius 2 is 2.21 bits per heavy atom. The quantitative estimate of drug-likeness (QED) is 0.803. The summed E-state index contributed by atoms with van der Waals surface area (Å²) in [6.07, 6.45) is 0.175. The van der Waals surface area contributed by atoms with Crippen LogP contribution in [0.5, 0.6) is 0 Å². The molecule has 0 aliphatic heterocycles. The van der Waals surface area contributed by atoms with Gasteiger partial charge in [0.05, 0.1) is 10.7 Å². The van der Waals surface area contributed by atoms with Crippen molar-refractivity contribution in [2.24, 2.45) is 0 Å². The van der Waals surface area contributed by atoms with E-state index in [4.69, 9.17) is 23.2 Å². The molecule has 0 aromatic heterocycles. The van der Waals surface area contributed by atoms with Gasteiger partial charge in [0, 0.05) is 12.3 Å². The minimum atomic E-state index is -0.449. The number of alkyl halides is 1. The molecule has 0 heterocycles. The Kier molecular flexibility index (Phi) is 4.17. The van der Waals surface area contributed by atoms with Gasteiger partial charge in [-0.2, -0.15) is 0 Å². The number of rotatable bonds is 3. The maximum absolute atomic E-state index is 12.7. The summed E-state index contributed by atoms with van der Waals surface area (Å²) in [7, 11) is 0. The molecule has 0 bridgehead atoms. The highest BCUT2D eigenvalue weighted by Gasteiger charge is 2.05. The lowest BCUT2D eigenvalue weighted by Gasteiger charge is -2.05. The molecule has 0 aliphatic rings. The molecule has 0 unspecified atom stereocenters. The fourth-order valence-electron chi connectivity index (χ4n) is 0.892. The van der Waals surface area contributed by atoms with E-state index in [-0.39, 0.29) is 23.9 Å². The Morgan fingerprint density at radius 3 is 2.86 bits per heavy atom. The lowest BCUT2D eigenvalue weighted by molar-refractivity contribution is -0.115. The minimum Gasteiger partial charge on any atom is -0.325 e. The van der Waals surface area contributed by atoms with Crippen LogP contribution in [-0.4, -0.2) is 11.8 Å². The van der Waals surface area contributed by atoms with E-state index < -0.39 is 5.82 Å². The lowest BCUT2D eigenvalue weighted by atomic mass is 10.3. The number of anilines is 1. The summed E-state index contributed by atoms with van der Waals surface area (Å²) < 4.78 is 12.7. The van der Waals surface area contributed by atoms with Crippen LogP contribution in [0.4, 0.5) is 10.1 Å². The molecule has 14 heavy (non-hydrogen) atoms. The van der Waals surface area contributed by atoms with Crippen LogP contribution in [0, 0.1) is 5.82 Å². The Hall–Kier alpha value is -0.800. The number of nitrogens with one attached hydrogen (secondary N) is 1. The molecule has 1 N–H and O–H groups in total. The minimum absolute atomic E-state index is 0.175. The average molecular weight is 236 g/mol. The molecule has 1 aromatic carbocycles. The molecule has 2 nitrogen and oxygen atoms in total. The molecular weight excluding hydrogens is 228 g/mol. The molecule has 1 rings (SSSR count). The van der Waals surface area contributed by atoms with Gasteiger partial charge in [0.25, 0.3) is 0 Å². The van der Waals surface area contributed by atoms with Gasteiger partial charge in [0.15, 0.2) is 0 Å². The van der Waals surface area contributed by atoms with Gasteiger partial charge in [-0.05, 0) is 18.2 Å². The average Bonchev–Trinajstić information content (AvgIpc) is 2.12. The van der Waals surface area contributed by atoms with Gasteiger partial charge < -0.3 is 5.32 Å². The van der Waals surface area contributed by atoms with Crippen LogP contribution in [-0.2, 0) is 4.79 Å². The van der Waals surface area contributed by atoms with E-state index in [1.807, 2.05) is 0 Å². The van der Waals surface area contributed by atoms with Gasteiger partial charge in [-0.1, -0.05) is 11.6 Å². The number of amides is 1. The van der Waals surface area contributed by atoms with Crippen LogP contribution in [0.3, 0.4) is 0 Å². The highest BCUT2D eigenvalue weighted by atomic mass is 35.5. The number of hydrogen-bond acceptors (Lipinski definition) is 1. The highest BCUT2D eigenvalue weighted by molar-refractivity contribution is 6.33. The normalized spacial score (nSPS) is 9.93. The van der Waals surface area contributed by atoms with E-state index in [0.717, 1.165) is 6.07 Å². The van der Waals surface area contributed by atoms with Crippen molar-refractivity contribution in [1.82, 2.24) is 0 Å². The molecule has 5 heteroatoms. The lowest BCUT2D eigenvalue weighted by Crippen LogP contribution is -2.12. The molecule has 76 valence electrons. The molecule has 0 radical (unpaired) electrons. The summed E-state index contributed by atoms with van der Waals surface area (Å²) in [5, 5.41) is 2.76. The molecule has 0 aliphatic carbocycles. The monoisotopic (exact) mass is 235 g/mol. The smallest absolute Gasteiger partial charge is 0.225 e. The molecule has 0 atom stereocenters. The van der Waals surface area contributed by atoms with Gasteiger partial charge in [0.1, 0.15) is 5.82 Å². The highest BCUT2D eigenvalue weighted by Crippen LogP contribution is 2.22. The van der Waals surface area contributed by atoms with Gasteiger partial charge in [-0.25, -0.2) is 4.39 Å². The number of halogens is 3. The Labute approximate surface area is 91.0 Å². The molecule has 0 saturated heterocycles. The number of carbonyl (C=O) groups is 1. The number of benzene rings is 1. The fraction of sp³-hybridized carbons (Fsp3) is 0.222. The summed E-state index contributed by atoms with van der Waals surface area (Å²) in [5.74, 6) is -0.512. The SMILES string of the molecule is O=C(CCCl)Nc1cc(F)ccc1Cl. The van der Waals surface area contributed by atoms with Crippen molar-refractivity contribution in [2.45, 2.75) is 6.42 Å². The maximum atomic E-state index is 12.7. The molecule has 1 amide bonds. The largest absolute Gasteiger partial charge is 0.325 e. The van der Waals surface area contributed by atoms with Gasteiger partial charge in [-0.3, -0.25) is 4.79 Å². The third-order valence-electron chi connectivity index (χ3n) is 1.52. The molecule has 0 fully saturated rings. The zero-order valence-electron chi connectivity index (χ0n) is 7.19. The van der Waals surface area contributed by atoms with Crippen molar-refractivity contribution in [1.29, 1.82) is 0 Å². The fourth-order valence-corrected chi connectivity index (χ4v) is 1.23. The first-order valence-corrected chi connectivity index (χ1v) is 4.85. The standard InChI is InChI=1S/C9H8Cl2FNO/c10-4-3-9(14)13-8-5-6(12)1-2-7(8)11/h1-2,5H,3-4H2,(H,13,14). The van der Waals surface area contributed by atoms with Crippen LogP contribution in [0.15, 0.2) is 18.2 Å². The van der Waals surface area contributed by atoms with Crippen LogP contribution >= 0.6 is 23.2 Å². The van der Waals surface area contributed by atoms with Crippen molar-refractivity contribution in [3.8, 4) is 0 Å². The van der Waals surface area contributed by atoms with Crippen molar-refractivity contribution >= 4 is 34.8 Å². The second kappa shape index (κ2) is 5.17. The Bertz CT molecular complexity index is 344. The second-order valence-corrected chi connectivity index (χ2v) is 3.40. The predicted octanol–water partition coefficient (Wildman–Crippen LogP) is 3.05. The third-order valence-corrected chi connectivity index (χ3v) is 2.04. The first-order valence-electron chi connectivity index (χ1n) is 3.94. The number of carbonyl (C=O) groups excluding carboxylic acids is 1. The second-order valence-electron chi connectivity index (χ2n) is 2.61. The maximum Gasteiger partial charge on any atom is 0.225 e. The Balaban J connectivity index is 2.75. The summed E-state index contributed by atoms with van der Waals surface area (Å²) >= 11 is 11.1. The van der Waals surface area contributed by atoms with Gasteiger partial charge in [-0.15, -0.1) is 11.6 Å². The first-order chi connectivity index (χ1) is 6.63. The molecule has 0 saturated carbocycles. The van der Waals surface area contributed by atoms with E-state index in [2.05, 4.69) is 5.32 Å². The van der Waals surface area contributed by atoms with E-state index in [9.17, 15) is 9.18 Å².